The van der Waals surface area contributed by atoms with Crippen molar-refractivity contribution in [2.45, 2.75) is 57.4 Å². The molecule has 0 spiro atoms. The molecule has 1 aromatic heterocycles. The number of H-pyrrole nitrogens is 1. The van der Waals surface area contributed by atoms with Gasteiger partial charge >= 0.3 is 0 Å². The van der Waals surface area contributed by atoms with Crippen molar-refractivity contribution in [1.82, 2.24) is 10.2 Å². The van der Waals surface area contributed by atoms with Gasteiger partial charge in [0.1, 0.15) is 24.4 Å². The zero-order valence-corrected chi connectivity index (χ0v) is 16.5. The third-order valence-corrected chi connectivity index (χ3v) is 5.02. The van der Waals surface area contributed by atoms with Gasteiger partial charge in [0.2, 0.25) is 12.2 Å². The van der Waals surface area contributed by atoms with Gasteiger partial charge in [-0.2, -0.15) is 0 Å². The SMILES string of the molecule is CC/C=C/c1ccc(Cc2c(OC3O[C@H](CO)[C@@H](O)[C@H](O)[C@H]3O)n[nH]c2C)cc1. The summed E-state index contributed by atoms with van der Waals surface area (Å²) < 4.78 is 11.1. The Balaban J connectivity index is 1.75. The summed E-state index contributed by atoms with van der Waals surface area (Å²) in [4.78, 5) is 0. The number of aliphatic hydroxyl groups excluding tert-OH is 4. The maximum absolute atomic E-state index is 10.2. The molecular weight excluding hydrogens is 376 g/mol. The van der Waals surface area contributed by atoms with E-state index < -0.39 is 37.3 Å². The number of hydrogen-bond acceptors (Lipinski definition) is 7. The van der Waals surface area contributed by atoms with Crippen LogP contribution in [0, 0.1) is 6.92 Å². The highest BCUT2D eigenvalue weighted by Crippen LogP contribution is 2.28. The second kappa shape index (κ2) is 9.51. The van der Waals surface area contributed by atoms with Gasteiger partial charge in [0.05, 0.1) is 6.61 Å². The molecule has 29 heavy (non-hydrogen) atoms. The predicted octanol–water partition coefficient (Wildman–Crippen LogP) is 0.911. The number of nitrogens with one attached hydrogen (secondary N) is 1. The molecule has 5 N–H and O–H groups in total. The fraction of sp³-hybridized carbons (Fsp3) is 0.476. The Hall–Kier alpha value is -2.23. The highest BCUT2D eigenvalue weighted by atomic mass is 16.7. The van der Waals surface area contributed by atoms with E-state index in [1.54, 1.807) is 0 Å². The molecule has 5 atom stereocenters. The predicted molar refractivity (Wildman–Crippen MR) is 106 cm³/mol. The summed E-state index contributed by atoms with van der Waals surface area (Å²) in [5, 5.41) is 46.3. The molecule has 1 aliphatic heterocycles. The number of aliphatic hydroxyl groups is 4. The van der Waals surface area contributed by atoms with Crippen LogP contribution in [0.25, 0.3) is 6.08 Å². The highest BCUT2D eigenvalue weighted by molar-refractivity contribution is 5.50. The van der Waals surface area contributed by atoms with E-state index in [-0.39, 0.29) is 5.88 Å². The van der Waals surface area contributed by atoms with Crippen molar-refractivity contribution in [3.63, 3.8) is 0 Å². The lowest BCUT2D eigenvalue weighted by atomic mass is 9.99. The molecule has 1 aromatic carbocycles. The molecule has 3 rings (SSSR count). The first kappa shape index (κ1) is 21.5. The van der Waals surface area contributed by atoms with Gasteiger partial charge in [0.25, 0.3) is 0 Å². The van der Waals surface area contributed by atoms with E-state index in [0.29, 0.717) is 6.42 Å². The van der Waals surface area contributed by atoms with Gasteiger partial charge in [-0.05, 0) is 24.5 Å². The van der Waals surface area contributed by atoms with Crippen LogP contribution in [0.15, 0.2) is 30.3 Å². The molecule has 2 heterocycles. The molecule has 0 aliphatic carbocycles. The van der Waals surface area contributed by atoms with Crippen LogP contribution in [0.3, 0.4) is 0 Å². The van der Waals surface area contributed by atoms with Crippen LogP contribution >= 0.6 is 0 Å². The molecule has 1 aliphatic rings. The largest absolute Gasteiger partial charge is 0.443 e. The molecule has 8 heteroatoms. The Morgan fingerprint density at radius 1 is 1.14 bits per heavy atom. The second-order valence-electron chi connectivity index (χ2n) is 7.18. The van der Waals surface area contributed by atoms with E-state index in [1.165, 1.54) is 0 Å². The first-order valence-corrected chi connectivity index (χ1v) is 9.71. The fourth-order valence-electron chi connectivity index (χ4n) is 3.22. The number of aryl methyl sites for hydroxylation is 1. The van der Waals surface area contributed by atoms with Crippen LogP contribution in [0.4, 0.5) is 0 Å². The van der Waals surface area contributed by atoms with Crippen LogP contribution < -0.4 is 4.74 Å². The minimum Gasteiger partial charge on any atom is -0.443 e. The summed E-state index contributed by atoms with van der Waals surface area (Å²) in [5.74, 6) is 0.238. The molecule has 0 bridgehead atoms. The first-order chi connectivity index (χ1) is 13.9. The molecule has 1 fully saturated rings. The summed E-state index contributed by atoms with van der Waals surface area (Å²) in [7, 11) is 0. The average molecular weight is 404 g/mol. The number of ether oxygens (including phenoxy) is 2. The molecule has 8 nitrogen and oxygen atoms in total. The zero-order valence-electron chi connectivity index (χ0n) is 16.5. The highest BCUT2D eigenvalue weighted by Gasteiger charge is 2.45. The molecule has 0 amide bonds. The van der Waals surface area contributed by atoms with Gasteiger partial charge in [0, 0.05) is 17.7 Å². The van der Waals surface area contributed by atoms with Crippen molar-refractivity contribution in [3.8, 4) is 5.88 Å². The van der Waals surface area contributed by atoms with Crippen molar-refractivity contribution >= 4 is 6.08 Å². The maximum Gasteiger partial charge on any atom is 0.238 e. The Labute approximate surface area is 169 Å². The number of allylic oxidation sites excluding steroid dienone is 1. The lowest BCUT2D eigenvalue weighted by Gasteiger charge is -2.39. The van der Waals surface area contributed by atoms with E-state index in [0.717, 1.165) is 28.8 Å². The Morgan fingerprint density at radius 3 is 2.52 bits per heavy atom. The van der Waals surface area contributed by atoms with Crippen LogP contribution in [0.2, 0.25) is 0 Å². The van der Waals surface area contributed by atoms with Crippen molar-refractivity contribution < 1.29 is 29.9 Å². The molecule has 1 saturated heterocycles. The van der Waals surface area contributed by atoms with E-state index in [9.17, 15) is 20.4 Å². The van der Waals surface area contributed by atoms with Crippen LogP contribution in [0.5, 0.6) is 5.88 Å². The monoisotopic (exact) mass is 404 g/mol. The van der Waals surface area contributed by atoms with E-state index >= 15 is 0 Å². The maximum atomic E-state index is 10.2. The molecule has 0 radical (unpaired) electrons. The number of nitrogens with zero attached hydrogens (tertiary/aromatic N) is 1. The molecule has 0 saturated carbocycles. The molecular formula is C21H28N2O6. The topological polar surface area (TPSA) is 128 Å². The number of benzene rings is 1. The lowest BCUT2D eigenvalue weighted by molar-refractivity contribution is -0.278. The molecule has 1 unspecified atom stereocenters. The van der Waals surface area contributed by atoms with Crippen molar-refractivity contribution in [1.29, 1.82) is 0 Å². The Bertz CT molecular complexity index is 817. The standard InChI is InChI=1S/C21H28N2O6/c1-3-4-5-13-6-8-14(9-7-13)10-15-12(2)22-23-20(15)29-21-19(27)18(26)17(25)16(11-24)28-21/h4-9,16-19,21,24-27H,3,10-11H2,1-2H3,(H,22,23)/b5-4+/t16-,17-,18+,19-,21?/m1/s1. The van der Waals surface area contributed by atoms with Gasteiger partial charge in [-0.15, -0.1) is 5.10 Å². The van der Waals surface area contributed by atoms with Crippen LogP contribution in [-0.4, -0.2) is 67.9 Å². The van der Waals surface area contributed by atoms with Crippen molar-refractivity contribution in [2.75, 3.05) is 6.61 Å². The zero-order chi connectivity index (χ0) is 21.0. The minimum absolute atomic E-state index is 0.238. The number of aromatic amines is 1. The summed E-state index contributed by atoms with van der Waals surface area (Å²) in [6.45, 7) is 3.43. The number of hydrogen-bond donors (Lipinski definition) is 5. The van der Waals surface area contributed by atoms with E-state index in [1.807, 2.05) is 31.2 Å². The summed E-state index contributed by atoms with van der Waals surface area (Å²) >= 11 is 0. The van der Waals surface area contributed by atoms with E-state index in [2.05, 4.69) is 29.3 Å². The average Bonchev–Trinajstić information content (AvgIpc) is 3.07. The quantitative estimate of drug-likeness (QED) is 0.464. The van der Waals surface area contributed by atoms with Gasteiger partial charge in [0.15, 0.2) is 0 Å². The number of aromatic nitrogens is 2. The van der Waals surface area contributed by atoms with Gasteiger partial charge in [-0.1, -0.05) is 43.3 Å². The minimum atomic E-state index is -1.50. The fourth-order valence-corrected chi connectivity index (χ4v) is 3.22. The summed E-state index contributed by atoms with van der Waals surface area (Å²) in [5.41, 5.74) is 3.78. The molecule has 158 valence electrons. The third-order valence-electron chi connectivity index (χ3n) is 5.02. The van der Waals surface area contributed by atoms with Crippen LogP contribution in [0.1, 0.15) is 35.7 Å². The van der Waals surface area contributed by atoms with Gasteiger partial charge < -0.3 is 29.9 Å². The number of rotatable bonds is 7. The Morgan fingerprint density at radius 2 is 1.86 bits per heavy atom. The van der Waals surface area contributed by atoms with Gasteiger partial charge in [-0.3, -0.25) is 5.10 Å². The smallest absolute Gasteiger partial charge is 0.238 e. The van der Waals surface area contributed by atoms with Crippen LogP contribution in [-0.2, 0) is 11.2 Å². The van der Waals surface area contributed by atoms with E-state index in [4.69, 9.17) is 9.47 Å². The normalized spacial score (nSPS) is 27.4. The lowest BCUT2D eigenvalue weighted by Crippen LogP contribution is -2.60. The summed E-state index contributed by atoms with van der Waals surface area (Å²) in [6.07, 6.45) is -1.03. The molecule has 2 aromatic rings. The summed E-state index contributed by atoms with van der Waals surface area (Å²) in [6, 6.07) is 8.13. The van der Waals surface area contributed by atoms with Crippen molar-refractivity contribution in [2.24, 2.45) is 0 Å². The Kier molecular flexibility index (Phi) is 7.05. The van der Waals surface area contributed by atoms with Gasteiger partial charge in [-0.25, -0.2) is 0 Å². The third kappa shape index (κ3) is 4.85. The first-order valence-electron chi connectivity index (χ1n) is 9.71. The van der Waals surface area contributed by atoms with Crippen molar-refractivity contribution in [3.05, 3.63) is 52.7 Å². The second-order valence-corrected chi connectivity index (χ2v) is 7.18.